The lowest BCUT2D eigenvalue weighted by Crippen LogP contribution is -2.09. The zero-order chi connectivity index (χ0) is 13.7. The first-order valence-electron chi connectivity index (χ1n) is 6.03. The van der Waals surface area contributed by atoms with Crippen molar-refractivity contribution in [3.8, 4) is 11.5 Å². The SMILES string of the molecule is Cc1ccc(OCCOc2ccccc2F)cc1N. The lowest BCUT2D eigenvalue weighted by molar-refractivity contribution is 0.211. The van der Waals surface area contributed by atoms with E-state index in [1.807, 2.05) is 19.1 Å². The monoisotopic (exact) mass is 261 g/mol. The lowest BCUT2D eigenvalue weighted by atomic mass is 10.2. The summed E-state index contributed by atoms with van der Waals surface area (Å²) in [7, 11) is 0. The van der Waals surface area contributed by atoms with Crippen molar-refractivity contribution in [3.63, 3.8) is 0 Å². The fourth-order valence-electron chi connectivity index (χ4n) is 1.58. The van der Waals surface area contributed by atoms with Crippen LogP contribution in [0.1, 0.15) is 5.56 Å². The van der Waals surface area contributed by atoms with Crippen LogP contribution in [0.15, 0.2) is 42.5 Å². The molecule has 2 N–H and O–H groups in total. The van der Waals surface area contributed by atoms with Gasteiger partial charge in [0.05, 0.1) is 0 Å². The first-order valence-corrected chi connectivity index (χ1v) is 6.03. The van der Waals surface area contributed by atoms with Crippen molar-refractivity contribution < 1.29 is 13.9 Å². The molecule has 0 heterocycles. The molecule has 0 bridgehead atoms. The van der Waals surface area contributed by atoms with Gasteiger partial charge in [-0.25, -0.2) is 4.39 Å². The Bertz CT molecular complexity index is 558. The van der Waals surface area contributed by atoms with Gasteiger partial charge in [0, 0.05) is 11.8 Å². The number of halogens is 1. The maximum Gasteiger partial charge on any atom is 0.165 e. The lowest BCUT2D eigenvalue weighted by Gasteiger charge is -2.10. The zero-order valence-corrected chi connectivity index (χ0v) is 10.7. The number of anilines is 1. The van der Waals surface area contributed by atoms with E-state index < -0.39 is 0 Å². The largest absolute Gasteiger partial charge is 0.490 e. The van der Waals surface area contributed by atoms with Crippen LogP contribution >= 0.6 is 0 Å². The van der Waals surface area contributed by atoms with Crippen molar-refractivity contribution in [2.45, 2.75) is 6.92 Å². The highest BCUT2D eigenvalue weighted by atomic mass is 19.1. The highest BCUT2D eigenvalue weighted by molar-refractivity contribution is 5.50. The summed E-state index contributed by atoms with van der Waals surface area (Å²) in [6.07, 6.45) is 0. The Hall–Kier alpha value is -2.23. The van der Waals surface area contributed by atoms with Gasteiger partial charge in [0.2, 0.25) is 0 Å². The summed E-state index contributed by atoms with van der Waals surface area (Å²) in [4.78, 5) is 0. The van der Waals surface area contributed by atoms with Crippen molar-refractivity contribution in [2.24, 2.45) is 0 Å². The number of nitrogen functional groups attached to an aromatic ring is 1. The Morgan fingerprint density at radius 2 is 1.79 bits per heavy atom. The van der Waals surface area contributed by atoms with E-state index in [2.05, 4.69) is 0 Å². The third-order valence-electron chi connectivity index (χ3n) is 2.70. The molecular formula is C15H16FNO2. The molecule has 0 aromatic heterocycles. The quantitative estimate of drug-likeness (QED) is 0.664. The number of para-hydroxylation sites is 1. The smallest absolute Gasteiger partial charge is 0.165 e. The van der Waals surface area contributed by atoms with E-state index in [0.717, 1.165) is 5.56 Å². The molecule has 0 saturated heterocycles. The van der Waals surface area contributed by atoms with Crippen molar-refractivity contribution in [3.05, 3.63) is 53.8 Å². The van der Waals surface area contributed by atoms with Gasteiger partial charge in [0.1, 0.15) is 19.0 Å². The van der Waals surface area contributed by atoms with E-state index in [-0.39, 0.29) is 18.2 Å². The summed E-state index contributed by atoms with van der Waals surface area (Å²) in [5, 5.41) is 0. The Morgan fingerprint density at radius 3 is 2.53 bits per heavy atom. The van der Waals surface area contributed by atoms with Gasteiger partial charge in [-0.1, -0.05) is 18.2 Å². The van der Waals surface area contributed by atoms with E-state index in [0.29, 0.717) is 18.0 Å². The van der Waals surface area contributed by atoms with E-state index in [9.17, 15) is 4.39 Å². The molecule has 0 aliphatic rings. The normalized spacial score (nSPS) is 10.2. The van der Waals surface area contributed by atoms with Crippen LogP contribution in [0.25, 0.3) is 0 Å². The van der Waals surface area contributed by atoms with Gasteiger partial charge in [-0.2, -0.15) is 0 Å². The molecule has 19 heavy (non-hydrogen) atoms. The van der Waals surface area contributed by atoms with Gasteiger partial charge >= 0.3 is 0 Å². The summed E-state index contributed by atoms with van der Waals surface area (Å²) >= 11 is 0. The highest BCUT2D eigenvalue weighted by Crippen LogP contribution is 2.19. The Kier molecular flexibility index (Phi) is 4.23. The molecule has 0 aliphatic heterocycles. The average Bonchev–Trinajstić information content (AvgIpc) is 2.40. The fraction of sp³-hybridized carbons (Fsp3) is 0.200. The summed E-state index contributed by atoms with van der Waals surface area (Å²) in [6.45, 7) is 2.53. The van der Waals surface area contributed by atoms with Gasteiger partial charge < -0.3 is 15.2 Å². The maximum absolute atomic E-state index is 13.3. The van der Waals surface area contributed by atoms with Crippen LogP contribution in [0.2, 0.25) is 0 Å². The molecule has 100 valence electrons. The van der Waals surface area contributed by atoms with Crippen LogP contribution in [-0.4, -0.2) is 13.2 Å². The molecule has 0 aliphatic carbocycles. The van der Waals surface area contributed by atoms with Gasteiger partial charge in [-0.15, -0.1) is 0 Å². The minimum Gasteiger partial charge on any atom is -0.490 e. The molecule has 0 radical (unpaired) electrons. The minimum absolute atomic E-state index is 0.231. The molecule has 0 saturated carbocycles. The molecule has 2 rings (SSSR count). The van der Waals surface area contributed by atoms with Crippen LogP contribution in [0.3, 0.4) is 0 Å². The average molecular weight is 261 g/mol. The van der Waals surface area contributed by atoms with Gasteiger partial charge in [0.15, 0.2) is 11.6 Å². The first kappa shape index (κ1) is 13.2. The maximum atomic E-state index is 13.3. The third kappa shape index (κ3) is 3.61. The van der Waals surface area contributed by atoms with Crippen LogP contribution in [-0.2, 0) is 0 Å². The van der Waals surface area contributed by atoms with E-state index >= 15 is 0 Å². The van der Waals surface area contributed by atoms with Crippen molar-refractivity contribution in [1.82, 2.24) is 0 Å². The number of ether oxygens (including phenoxy) is 2. The van der Waals surface area contributed by atoms with Gasteiger partial charge in [-0.3, -0.25) is 0 Å². The second-order valence-corrected chi connectivity index (χ2v) is 4.15. The molecule has 2 aromatic rings. The fourth-order valence-corrected chi connectivity index (χ4v) is 1.58. The number of hydrogen-bond donors (Lipinski definition) is 1. The zero-order valence-electron chi connectivity index (χ0n) is 10.7. The molecule has 0 atom stereocenters. The number of nitrogens with two attached hydrogens (primary N) is 1. The first-order chi connectivity index (χ1) is 9.16. The van der Waals surface area contributed by atoms with Crippen LogP contribution in [0.5, 0.6) is 11.5 Å². The summed E-state index contributed by atoms with van der Waals surface area (Å²) in [5.41, 5.74) is 7.47. The van der Waals surface area contributed by atoms with Crippen LogP contribution in [0.4, 0.5) is 10.1 Å². The molecule has 0 fully saturated rings. The molecule has 4 heteroatoms. The van der Waals surface area contributed by atoms with Gasteiger partial charge in [0.25, 0.3) is 0 Å². The molecule has 0 amide bonds. The number of rotatable bonds is 5. The minimum atomic E-state index is -0.373. The topological polar surface area (TPSA) is 44.5 Å². The molecule has 0 spiro atoms. The van der Waals surface area contributed by atoms with Crippen molar-refractivity contribution >= 4 is 5.69 Å². The summed E-state index contributed by atoms with van der Waals surface area (Å²) < 4.78 is 24.0. The molecular weight excluding hydrogens is 245 g/mol. The second kappa shape index (κ2) is 6.09. The molecule has 3 nitrogen and oxygen atoms in total. The van der Waals surface area contributed by atoms with Crippen molar-refractivity contribution in [1.29, 1.82) is 0 Å². The number of benzene rings is 2. The van der Waals surface area contributed by atoms with Crippen LogP contribution in [0, 0.1) is 12.7 Å². The Labute approximate surface area is 111 Å². The predicted octanol–water partition coefficient (Wildman–Crippen LogP) is 3.17. The number of aryl methyl sites for hydroxylation is 1. The van der Waals surface area contributed by atoms with Gasteiger partial charge in [-0.05, 0) is 30.7 Å². The third-order valence-corrected chi connectivity index (χ3v) is 2.70. The Morgan fingerprint density at radius 1 is 1.05 bits per heavy atom. The Balaban J connectivity index is 1.81. The summed E-state index contributed by atoms with van der Waals surface area (Å²) in [5.74, 6) is 0.539. The van der Waals surface area contributed by atoms with E-state index in [1.54, 1.807) is 24.3 Å². The second-order valence-electron chi connectivity index (χ2n) is 4.15. The highest BCUT2D eigenvalue weighted by Gasteiger charge is 2.02. The van der Waals surface area contributed by atoms with E-state index in [1.165, 1.54) is 6.07 Å². The van der Waals surface area contributed by atoms with Crippen LogP contribution < -0.4 is 15.2 Å². The number of hydrogen-bond acceptors (Lipinski definition) is 3. The molecule has 0 unspecified atom stereocenters. The van der Waals surface area contributed by atoms with E-state index in [4.69, 9.17) is 15.2 Å². The standard InChI is InChI=1S/C15H16FNO2/c1-11-6-7-12(10-14(11)17)18-8-9-19-15-5-3-2-4-13(15)16/h2-7,10H,8-9,17H2,1H3. The predicted molar refractivity (Wildman–Crippen MR) is 73.0 cm³/mol. The van der Waals surface area contributed by atoms with Crippen molar-refractivity contribution in [2.75, 3.05) is 18.9 Å². The summed E-state index contributed by atoms with van der Waals surface area (Å²) in [6, 6.07) is 11.8. The molecule has 2 aromatic carbocycles.